The van der Waals surface area contributed by atoms with Crippen molar-refractivity contribution in [3.05, 3.63) is 35.5 Å². The monoisotopic (exact) mass is 620 g/mol. The van der Waals surface area contributed by atoms with Crippen molar-refractivity contribution in [1.82, 2.24) is 14.9 Å². The highest BCUT2D eigenvalue weighted by Gasteiger charge is 2.40. The molecule has 0 bridgehead atoms. The standard InChI is InChI=1S/C31H49ClN4O5Si/c1-30(2,3)40-29(37)35(7)20-25(41-42(9,10)31(4,5)6)21-39-24-13-11-12-22(18-24)28-33-26(32)19-27(34-28)36(8)23-14-16-38-17-15-23/h11-13,18-19,23,25H,14-17,20-21H2,1-10H3. The zero-order valence-corrected chi connectivity index (χ0v) is 28.7. The molecule has 234 valence electrons. The summed E-state index contributed by atoms with van der Waals surface area (Å²) >= 11 is 6.45. The molecule has 0 saturated carbocycles. The molecule has 2 heterocycles. The van der Waals surface area contributed by atoms with Gasteiger partial charge in [-0.1, -0.05) is 44.5 Å². The topological polar surface area (TPSA) is 86.3 Å². The maximum atomic E-state index is 12.7. The summed E-state index contributed by atoms with van der Waals surface area (Å²) in [6, 6.07) is 9.79. The zero-order chi connectivity index (χ0) is 31.3. The van der Waals surface area contributed by atoms with Crippen LogP contribution in [0.1, 0.15) is 54.4 Å². The summed E-state index contributed by atoms with van der Waals surface area (Å²) in [4.78, 5) is 25.8. The molecule has 1 aromatic heterocycles. The van der Waals surface area contributed by atoms with Crippen molar-refractivity contribution >= 4 is 31.8 Å². The number of benzene rings is 1. The van der Waals surface area contributed by atoms with Gasteiger partial charge < -0.3 is 28.4 Å². The van der Waals surface area contributed by atoms with Gasteiger partial charge in [0.25, 0.3) is 0 Å². The van der Waals surface area contributed by atoms with Gasteiger partial charge in [-0.3, -0.25) is 0 Å². The molecular weight excluding hydrogens is 572 g/mol. The van der Waals surface area contributed by atoms with Crippen LogP contribution in [-0.4, -0.2) is 87.5 Å². The highest BCUT2D eigenvalue weighted by molar-refractivity contribution is 6.74. The van der Waals surface area contributed by atoms with Gasteiger partial charge in [0, 0.05) is 45.0 Å². The van der Waals surface area contributed by atoms with Gasteiger partial charge in [-0.05, 0) is 63.9 Å². The molecule has 0 N–H and O–H groups in total. The highest BCUT2D eigenvalue weighted by atomic mass is 35.5. The molecule has 2 aromatic rings. The lowest BCUT2D eigenvalue weighted by molar-refractivity contribution is 0.0172. The summed E-state index contributed by atoms with van der Waals surface area (Å²) in [5, 5.41) is 0.378. The molecule has 1 amide bonds. The number of anilines is 1. The Balaban J connectivity index is 1.78. The van der Waals surface area contributed by atoms with Crippen LogP contribution in [0, 0.1) is 0 Å². The van der Waals surface area contributed by atoms with Crippen molar-refractivity contribution in [2.24, 2.45) is 0 Å². The molecule has 1 aliphatic heterocycles. The number of amides is 1. The van der Waals surface area contributed by atoms with Gasteiger partial charge in [0.15, 0.2) is 14.1 Å². The predicted octanol–water partition coefficient (Wildman–Crippen LogP) is 7.05. The van der Waals surface area contributed by atoms with Crippen LogP contribution in [-0.2, 0) is 13.9 Å². The van der Waals surface area contributed by atoms with E-state index in [9.17, 15) is 4.79 Å². The normalized spacial score (nSPS) is 15.7. The van der Waals surface area contributed by atoms with E-state index in [1.54, 1.807) is 18.0 Å². The minimum atomic E-state index is -2.16. The molecule has 1 aromatic carbocycles. The van der Waals surface area contributed by atoms with Gasteiger partial charge in [-0.25, -0.2) is 14.8 Å². The number of likely N-dealkylation sites (N-methyl/N-ethyl adjacent to an activating group) is 1. The average molecular weight is 621 g/mol. The Morgan fingerprint density at radius 1 is 1.10 bits per heavy atom. The largest absolute Gasteiger partial charge is 0.491 e. The average Bonchev–Trinajstić information content (AvgIpc) is 2.90. The lowest BCUT2D eigenvalue weighted by Gasteiger charge is -2.40. The van der Waals surface area contributed by atoms with Crippen LogP contribution in [0.15, 0.2) is 30.3 Å². The van der Waals surface area contributed by atoms with E-state index in [1.807, 2.05) is 52.1 Å². The van der Waals surface area contributed by atoms with E-state index in [2.05, 4.69) is 43.7 Å². The van der Waals surface area contributed by atoms with Crippen molar-refractivity contribution < 1.29 is 23.4 Å². The quantitative estimate of drug-likeness (QED) is 0.206. The summed E-state index contributed by atoms with van der Waals surface area (Å²) in [6.07, 6.45) is 1.14. The van der Waals surface area contributed by atoms with Crippen LogP contribution in [0.5, 0.6) is 5.75 Å². The Hall–Kier alpha value is -2.40. The van der Waals surface area contributed by atoms with Crippen LogP contribution in [0.25, 0.3) is 11.4 Å². The van der Waals surface area contributed by atoms with E-state index in [4.69, 9.17) is 35.2 Å². The van der Waals surface area contributed by atoms with Gasteiger partial charge in [0.05, 0.1) is 12.6 Å². The molecule has 42 heavy (non-hydrogen) atoms. The van der Waals surface area contributed by atoms with Crippen LogP contribution in [0.2, 0.25) is 23.3 Å². The molecule has 11 heteroatoms. The van der Waals surface area contributed by atoms with Crippen molar-refractivity contribution in [1.29, 1.82) is 0 Å². The number of carbonyl (C=O) groups excluding carboxylic acids is 1. The summed E-state index contributed by atoms with van der Waals surface area (Å²) in [7, 11) is 1.60. The zero-order valence-electron chi connectivity index (χ0n) is 27.0. The van der Waals surface area contributed by atoms with Crippen LogP contribution >= 0.6 is 11.6 Å². The van der Waals surface area contributed by atoms with Gasteiger partial charge in [0.1, 0.15) is 28.9 Å². The van der Waals surface area contributed by atoms with Crippen LogP contribution in [0.4, 0.5) is 10.6 Å². The number of halogens is 1. The second-order valence-electron chi connectivity index (χ2n) is 13.5. The third kappa shape index (κ3) is 9.82. The number of hydrogen-bond donors (Lipinski definition) is 0. The summed E-state index contributed by atoms with van der Waals surface area (Å²) < 4.78 is 24.1. The molecule has 1 fully saturated rings. The van der Waals surface area contributed by atoms with E-state index >= 15 is 0 Å². The van der Waals surface area contributed by atoms with E-state index in [0.29, 0.717) is 29.3 Å². The Labute approximate surface area is 258 Å². The first-order valence-corrected chi connectivity index (χ1v) is 17.9. The molecule has 0 aliphatic carbocycles. The van der Waals surface area contributed by atoms with Crippen LogP contribution < -0.4 is 9.64 Å². The first-order valence-electron chi connectivity index (χ1n) is 14.7. The minimum Gasteiger partial charge on any atom is -0.491 e. The summed E-state index contributed by atoms with van der Waals surface area (Å²) in [6.45, 7) is 18.6. The van der Waals surface area contributed by atoms with Gasteiger partial charge in [0.2, 0.25) is 0 Å². The summed E-state index contributed by atoms with van der Waals surface area (Å²) in [5.74, 6) is 1.95. The van der Waals surface area contributed by atoms with Gasteiger partial charge >= 0.3 is 6.09 Å². The van der Waals surface area contributed by atoms with Crippen molar-refractivity contribution in [2.75, 3.05) is 45.4 Å². The molecular formula is C31H49ClN4O5Si. The Kier molecular flexibility index (Phi) is 11.3. The van der Waals surface area contributed by atoms with Gasteiger partial charge in [-0.2, -0.15) is 0 Å². The molecule has 1 atom stereocenters. The molecule has 0 spiro atoms. The fourth-order valence-corrected chi connectivity index (χ4v) is 5.83. The lowest BCUT2D eigenvalue weighted by Crippen LogP contribution is -2.49. The fraction of sp³-hybridized carbons (Fsp3) is 0.645. The molecule has 3 rings (SSSR count). The number of rotatable bonds is 10. The highest BCUT2D eigenvalue weighted by Crippen LogP contribution is 2.37. The van der Waals surface area contributed by atoms with E-state index in [0.717, 1.165) is 37.4 Å². The Bertz CT molecular complexity index is 1190. The number of nitrogens with zero attached hydrogens (tertiary/aromatic N) is 4. The van der Waals surface area contributed by atoms with Crippen molar-refractivity contribution in [2.45, 2.75) is 90.3 Å². The Morgan fingerprint density at radius 2 is 1.76 bits per heavy atom. The third-order valence-electron chi connectivity index (χ3n) is 7.76. The number of hydrogen-bond acceptors (Lipinski definition) is 8. The van der Waals surface area contributed by atoms with Crippen molar-refractivity contribution in [3.63, 3.8) is 0 Å². The number of ether oxygens (including phenoxy) is 3. The second kappa shape index (κ2) is 13.9. The maximum Gasteiger partial charge on any atom is 0.410 e. The maximum absolute atomic E-state index is 12.7. The van der Waals surface area contributed by atoms with Gasteiger partial charge in [-0.15, -0.1) is 0 Å². The number of aromatic nitrogens is 2. The van der Waals surface area contributed by atoms with E-state index in [-0.39, 0.29) is 17.7 Å². The minimum absolute atomic E-state index is 0.00487. The smallest absolute Gasteiger partial charge is 0.410 e. The SMILES string of the molecule is CN(CC(COc1cccc(-c2nc(Cl)cc(N(C)C3CCOCC3)n2)c1)O[Si](C)(C)C(C)(C)C)C(=O)OC(C)(C)C. The first kappa shape index (κ1) is 34.1. The van der Waals surface area contributed by atoms with Crippen molar-refractivity contribution in [3.8, 4) is 17.1 Å². The third-order valence-corrected chi connectivity index (χ3v) is 12.5. The Morgan fingerprint density at radius 3 is 2.38 bits per heavy atom. The first-order chi connectivity index (χ1) is 19.4. The molecule has 1 unspecified atom stereocenters. The van der Waals surface area contributed by atoms with E-state index in [1.165, 1.54) is 0 Å². The summed E-state index contributed by atoms with van der Waals surface area (Å²) in [5.41, 5.74) is 0.212. The molecule has 1 saturated heterocycles. The fourth-order valence-electron chi connectivity index (χ4n) is 4.33. The number of carbonyl (C=O) groups is 1. The van der Waals surface area contributed by atoms with E-state index < -0.39 is 20.0 Å². The molecule has 0 radical (unpaired) electrons. The second-order valence-corrected chi connectivity index (χ2v) is 18.7. The lowest BCUT2D eigenvalue weighted by atomic mass is 10.1. The molecule has 1 aliphatic rings. The molecule has 9 nitrogen and oxygen atoms in total. The predicted molar refractivity (Wildman–Crippen MR) is 171 cm³/mol. The van der Waals surface area contributed by atoms with Crippen LogP contribution in [0.3, 0.4) is 0 Å².